The molecule has 0 amide bonds. The van der Waals surface area contributed by atoms with Crippen LogP contribution in [0.4, 0.5) is 0 Å². The molecule has 15 aromatic rings. The lowest BCUT2D eigenvalue weighted by molar-refractivity contribution is -0.134. The highest BCUT2D eigenvalue weighted by Crippen LogP contribution is 2.45. The first-order valence-corrected chi connectivity index (χ1v) is 42.1. The number of ether oxygens (including phenoxy) is 5. The van der Waals surface area contributed by atoms with Crippen molar-refractivity contribution in [3.63, 3.8) is 0 Å². The maximum absolute atomic E-state index is 12.3. The quantitative estimate of drug-likeness (QED) is 0.0165. The van der Waals surface area contributed by atoms with E-state index in [1.54, 1.807) is 47.0 Å². The molecule has 0 aliphatic rings. The predicted molar refractivity (Wildman–Crippen MR) is 457 cm³/mol. The number of halogens is 1. The van der Waals surface area contributed by atoms with Gasteiger partial charge in [-0.1, -0.05) is 105 Å². The highest BCUT2D eigenvalue weighted by molar-refractivity contribution is 7.21. The Kier molecular flexibility index (Phi) is 28.4. The Balaban J connectivity index is 0.000000151. The molecule has 7 N–H and O–H groups in total. The number of methoxy groups -OCH3 is 3. The molecule has 0 saturated heterocycles. The molecule has 0 saturated carbocycles. The van der Waals surface area contributed by atoms with Crippen LogP contribution in [0.5, 0.6) is 57.5 Å². The number of hydrogen-bond donors (Lipinski definition) is 7. The minimum absolute atomic E-state index is 0.0205. The van der Waals surface area contributed by atoms with Crippen molar-refractivity contribution in [2.24, 2.45) is 0 Å². The van der Waals surface area contributed by atoms with Gasteiger partial charge in [0.2, 0.25) is 11.6 Å². The van der Waals surface area contributed by atoms with Gasteiger partial charge in [0.25, 0.3) is 8.32 Å². The molecule has 0 atom stereocenters. The van der Waals surface area contributed by atoms with Crippen molar-refractivity contribution in [1.29, 1.82) is 0 Å². The zero-order valence-electron chi connectivity index (χ0n) is 65.1. The highest BCUT2D eigenvalue weighted by atomic mass is 35.5. The van der Waals surface area contributed by atoms with Crippen LogP contribution in [0.3, 0.4) is 0 Å². The number of rotatable bonds is 15. The largest absolute Gasteiger partial charge is 0.541 e. The molecule has 0 unspecified atom stereocenters. The number of phenolic OH excluding ortho intramolecular Hbond substituents is 5. The normalized spacial score (nSPS) is 10.9. The van der Waals surface area contributed by atoms with E-state index in [9.17, 15) is 44.1 Å². The Morgan fingerprint density at radius 1 is 0.500 bits per heavy atom. The molecule has 0 aliphatic heterocycles. The van der Waals surface area contributed by atoms with Crippen molar-refractivity contribution in [2.45, 2.75) is 66.6 Å². The molecular formula is C86H76ClN5O21S4Si. The molecule has 0 bridgehead atoms. The molecule has 15 rings (SSSR count). The SMILES string of the molecule is COC(=O)c1csc(-c2ccc(OC(C)=O)c(OC(C)=O)c2)n1.COc1cc(-c2nc3cc(Cl)ccc3s2)cc(OC)c1O.Cc1ccc(-c2nc3ccccc3o2)cc1.Cc1ccc2c(-c3ccccc3)cc(=O)oc2c1O[Si](C)(C)C(C)(C)C.O=C(O)c1csc(-c2ccc(O)c(O)c2)n1.O=C(O)c1csc(-c2ccc(O)cc2O)n1. The first kappa shape index (κ1) is 87.1. The number of para-hydroxylation sites is 2. The van der Waals surface area contributed by atoms with E-state index < -0.39 is 38.2 Å². The summed E-state index contributed by atoms with van der Waals surface area (Å²) >= 11 is 11.0. The van der Waals surface area contributed by atoms with Gasteiger partial charge in [0.05, 0.1) is 37.1 Å². The molecular weight excluding hydrogens is 1630 g/mol. The van der Waals surface area contributed by atoms with E-state index in [1.165, 1.54) is 105 Å². The molecule has 9 aromatic carbocycles. The number of aryl methyl sites for hydroxylation is 2. The number of oxazole rings is 1. The number of thiazole rings is 4. The van der Waals surface area contributed by atoms with E-state index >= 15 is 0 Å². The average molecular weight is 1710 g/mol. The number of hydrogen-bond acceptors (Lipinski definition) is 28. The zero-order chi connectivity index (χ0) is 85.4. The monoisotopic (exact) mass is 1710 g/mol. The number of aromatic carboxylic acids is 2. The van der Waals surface area contributed by atoms with Crippen LogP contribution >= 0.6 is 56.9 Å². The summed E-state index contributed by atoms with van der Waals surface area (Å²) in [7, 11) is 2.19. The number of esters is 3. The van der Waals surface area contributed by atoms with Crippen LogP contribution < -0.4 is 29.0 Å². The van der Waals surface area contributed by atoms with Crippen LogP contribution in [0.15, 0.2) is 212 Å². The molecule has 26 nitrogen and oxygen atoms in total. The second kappa shape index (κ2) is 38.4. The summed E-state index contributed by atoms with van der Waals surface area (Å²) in [4.78, 5) is 88.2. The summed E-state index contributed by atoms with van der Waals surface area (Å²) in [6.07, 6.45) is 0. The van der Waals surface area contributed by atoms with Gasteiger partial charge < -0.3 is 72.7 Å². The fourth-order valence-electron chi connectivity index (χ4n) is 10.5. The van der Waals surface area contributed by atoms with Crippen molar-refractivity contribution < 1.29 is 96.7 Å². The Morgan fingerprint density at radius 3 is 1.67 bits per heavy atom. The molecule has 6 aromatic heterocycles. The fraction of sp³-hybridized carbons (Fsp3) is 0.151. The second-order valence-electron chi connectivity index (χ2n) is 27.0. The smallest absolute Gasteiger partial charge is 0.357 e. The topological polar surface area (TPSA) is 390 Å². The van der Waals surface area contributed by atoms with Crippen molar-refractivity contribution in [3.05, 3.63) is 242 Å². The lowest BCUT2D eigenvalue weighted by Crippen LogP contribution is -2.44. The summed E-state index contributed by atoms with van der Waals surface area (Å²) in [5.74, 6) is -2.22. The Labute approximate surface area is 696 Å². The van der Waals surface area contributed by atoms with Crippen LogP contribution in [-0.2, 0) is 14.3 Å². The number of nitrogens with zero attached hydrogens (tertiary/aromatic N) is 5. The van der Waals surface area contributed by atoms with Crippen molar-refractivity contribution in [2.75, 3.05) is 21.3 Å². The van der Waals surface area contributed by atoms with Gasteiger partial charge in [-0.05, 0) is 152 Å². The Bertz CT molecular complexity index is 6170. The minimum atomic E-state index is -2.07. The number of carbonyl (C=O) groups excluding carboxylic acids is 3. The molecule has 32 heteroatoms. The third-order valence-corrected chi connectivity index (χ3v) is 25.8. The van der Waals surface area contributed by atoms with Crippen LogP contribution in [-0.4, -0.2) is 120 Å². The van der Waals surface area contributed by atoms with Gasteiger partial charge in [-0.25, -0.2) is 44.1 Å². The van der Waals surface area contributed by atoms with Gasteiger partial charge in [-0.15, -0.1) is 45.3 Å². The third-order valence-electron chi connectivity index (χ3n) is 17.5. The van der Waals surface area contributed by atoms with Gasteiger partial charge in [0.1, 0.15) is 37.0 Å². The molecule has 118 heavy (non-hydrogen) atoms. The van der Waals surface area contributed by atoms with E-state index in [0.29, 0.717) is 65.5 Å². The summed E-state index contributed by atoms with van der Waals surface area (Å²) in [5, 5.41) is 72.6. The highest BCUT2D eigenvalue weighted by Gasteiger charge is 2.40. The van der Waals surface area contributed by atoms with E-state index in [2.05, 4.69) is 82.6 Å². The number of aromatic nitrogens is 5. The van der Waals surface area contributed by atoms with E-state index in [0.717, 1.165) is 82.2 Å². The predicted octanol–water partition coefficient (Wildman–Crippen LogP) is 20.6. The summed E-state index contributed by atoms with van der Waals surface area (Å²) in [5.41, 5.74) is 10.3. The van der Waals surface area contributed by atoms with Crippen LogP contribution in [0, 0.1) is 13.8 Å². The number of phenols is 5. The van der Waals surface area contributed by atoms with Gasteiger partial charge >= 0.3 is 35.5 Å². The number of fused-ring (bicyclic) bond motifs is 3. The van der Waals surface area contributed by atoms with Crippen molar-refractivity contribution in [1.82, 2.24) is 24.9 Å². The number of aromatic hydroxyl groups is 5. The zero-order valence-corrected chi connectivity index (χ0v) is 70.2. The number of benzene rings is 9. The maximum Gasteiger partial charge on any atom is 0.357 e. The molecule has 0 aliphatic carbocycles. The Morgan fingerprint density at radius 2 is 1.08 bits per heavy atom. The summed E-state index contributed by atoms with van der Waals surface area (Å²) in [6.45, 7) is 17.5. The van der Waals surface area contributed by atoms with E-state index in [1.807, 2.05) is 104 Å². The van der Waals surface area contributed by atoms with E-state index in [-0.39, 0.29) is 68.0 Å². The molecule has 606 valence electrons. The second-order valence-corrected chi connectivity index (χ2v) is 35.7. The van der Waals surface area contributed by atoms with Gasteiger partial charge in [-0.3, -0.25) is 9.59 Å². The van der Waals surface area contributed by atoms with Crippen LogP contribution in [0.25, 0.3) is 97.2 Å². The van der Waals surface area contributed by atoms with Gasteiger partial charge in [0, 0.05) is 74.8 Å². The van der Waals surface area contributed by atoms with Crippen molar-refractivity contribution >= 4 is 127 Å². The standard InChI is InChI=1S/C22H26O3Si.C15H12ClNO3S.C15H13NO6S.C14H11NO.2C10H7NO4S/c1-15-12-13-17-18(16-10-8-7-9-11-16)14-19(23)24-21(17)20(15)25-26(5,6)22(2,3)4;1-19-11-5-8(6-12(20-2)14(11)18)15-17-10-7-9(16)3-4-13(10)21-15;1-8(17)21-12-5-4-10(6-13(12)22-9(2)18)14-16-11(7-23-14)15(19)20-3;1-10-6-8-11(9-7-10)14-15-12-4-2-3-5-13(12)16-14;12-7-2-1-5(3-8(7)13)9-11-6(4-16-9)10(14)15;12-5-1-2-6(8(13)3-5)9-11-7(4-16-9)10(14)15/h7-14H,1-6H3;3-7,18H,1-2H3;4-7H,1-3H3;2-9H,1H3;2*1-4,12-13H,(H,14,15). The molecule has 0 radical (unpaired) electrons. The molecule has 0 fully saturated rings. The van der Waals surface area contributed by atoms with Crippen LogP contribution in [0.1, 0.15) is 77.2 Å². The maximum atomic E-state index is 12.3. The first-order valence-electron chi connectivity index (χ1n) is 35.3. The Hall–Kier alpha value is -13.3. The fourth-order valence-corrected chi connectivity index (χ4v) is 15.1. The minimum Gasteiger partial charge on any atom is -0.541 e. The first-order chi connectivity index (χ1) is 56.1. The number of carboxylic acids is 2. The third kappa shape index (κ3) is 22.0. The van der Waals surface area contributed by atoms with Crippen molar-refractivity contribution in [3.8, 4) is 122 Å². The lowest BCUT2D eigenvalue weighted by atomic mass is 10.0. The van der Waals surface area contributed by atoms with Gasteiger partial charge in [-0.2, -0.15) is 0 Å². The van der Waals surface area contributed by atoms with E-state index in [4.69, 9.17) is 64.2 Å². The summed E-state index contributed by atoms with van der Waals surface area (Å²) < 4.78 is 43.9. The molecule has 0 spiro atoms. The average Bonchev–Trinajstić information content (AvgIpc) is 1.10. The van der Waals surface area contributed by atoms with Crippen LogP contribution in [0.2, 0.25) is 23.2 Å². The number of carbonyl (C=O) groups is 5. The lowest BCUT2D eigenvalue weighted by Gasteiger charge is -2.37. The van der Waals surface area contributed by atoms with Gasteiger partial charge in [0.15, 0.2) is 68.5 Å². The summed E-state index contributed by atoms with van der Waals surface area (Å²) in [6, 6.07) is 53.5. The number of carboxylic acid groups (broad SMARTS) is 2. The molecule has 6 heterocycles.